The zero-order valence-electron chi connectivity index (χ0n) is 15.0. The molecule has 2 amide bonds. The van der Waals surface area contributed by atoms with E-state index in [9.17, 15) is 9.59 Å². The van der Waals surface area contributed by atoms with Crippen LogP contribution in [0.5, 0.6) is 5.75 Å². The molecule has 0 saturated heterocycles. The zero-order chi connectivity index (χ0) is 20.8. The van der Waals surface area contributed by atoms with Gasteiger partial charge in [0.25, 0.3) is 11.8 Å². The number of amides is 2. The number of benzene rings is 1. The Labute approximate surface area is 181 Å². The molecule has 2 heterocycles. The van der Waals surface area contributed by atoms with Gasteiger partial charge in [-0.05, 0) is 53.3 Å². The van der Waals surface area contributed by atoms with Crippen molar-refractivity contribution in [2.45, 2.75) is 13.0 Å². The first kappa shape index (κ1) is 21.0. The maximum absolute atomic E-state index is 12.1. The normalized spacial score (nSPS) is 10.6. The second-order valence-corrected chi connectivity index (χ2v) is 7.73. The molecule has 10 heteroatoms. The highest BCUT2D eigenvalue weighted by molar-refractivity contribution is 7.11. The van der Waals surface area contributed by atoms with Gasteiger partial charge >= 0.3 is 0 Å². The predicted octanol–water partition coefficient (Wildman–Crippen LogP) is 3.50. The summed E-state index contributed by atoms with van der Waals surface area (Å²) in [6, 6.07) is 10.9. The maximum atomic E-state index is 12.1. The molecule has 0 saturated carbocycles. The highest BCUT2D eigenvalue weighted by atomic mass is 35.5. The van der Waals surface area contributed by atoms with Crippen molar-refractivity contribution >= 4 is 46.5 Å². The number of halogens is 2. The lowest BCUT2D eigenvalue weighted by molar-refractivity contribution is 0.0949. The van der Waals surface area contributed by atoms with Crippen LogP contribution in [0.3, 0.4) is 0 Å². The van der Waals surface area contributed by atoms with Crippen LogP contribution in [-0.4, -0.2) is 27.7 Å². The number of nitrogens with two attached hydrogens (primary N) is 1. The summed E-state index contributed by atoms with van der Waals surface area (Å²) in [5.41, 5.74) is 7.32. The molecule has 0 radical (unpaired) electrons. The maximum Gasteiger partial charge on any atom is 0.272 e. The molecule has 0 spiro atoms. The second-order valence-electron chi connectivity index (χ2n) is 5.97. The van der Waals surface area contributed by atoms with Gasteiger partial charge in [0.05, 0.1) is 0 Å². The summed E-state index contributed by atoms with van der Waals surface area (Å²) >= 11 is 12.7. The molecule has 2 aromatic heterocycles. The zero-order valence-corrected chi connectivity index (χ0v) is 17.4. The van der Waals surface area contributed by atoms with Gasteiger partial charge in [-0.1, -0.05) is 35.3 Å². The van der Waals surface area contributed by atoms with Crippen molar-refractivity contribution < 1.29 is 14.3 Å². The lowest BCUT2D eigenvalue weighted by Crippen LogP contribution is -2.26. The Kier molecular flexibility index (Phi) is 7.03. The van der Waals surface area contributed by atoms with Gasteiger partial charge in [0.1, 0.15) is 27.4 Å². The van der Waals surface area contributed by atoms with Crippen LogP contribution >= 0.6 is 34.7 Å². The van der Waals surface area contributed by atoms with Crippen molar-refractivity contribution in [3.05, 3.63) is 74.5 Å². The van der Waals surface area contributed by atoms with Crippen LogP contribution in [0.2, 0.25) is 9.36 Å². The minimum absolute atomic E-state index is 0.131. The Morgan fingerprint density at radius 2 is 2.00 bits per heavy atom. The number of nitrogens with zero attached hydrogens (tertiary/aromatic N) is 2. The van der Waals surface area contributed by atoms with Gasteiger partial charge in [-0.25, -0.2) is 0 Å². The topological polar surface area (TPSA) is 107 Å². The van der Waals surface area contributed by atoms with E-state index in [1.807, 2.05) is 24.3 Å². The largest absolute Gasteiger partial charge is 0.489 e. The molecule has 0 aliphatic carbocycles. The summed E-state index contributed by atoms with van der Waals surface area (Å²) in [5.74, 6) is -0.286. The third-order valence-electron chi connectivity index (χ3n) is 3.89. The summed E-state index contributed by atoms with van der Waals surface area (Å²) in [4.78, 5) is 27.2. The van der Waals surface area contributed by atoms with Crippen molar-refractivity contribution in [3.63, 3.8) is 0 Å². The average Bonchev–Trinajstić information content (AvgIpc) is 3.05. The number of nitrogens with one attached hydrogen (secondary N) is 1. The van der Waals surface area contributed by atoms with Crippen LogP contribution in [0.25, 0.3) is 0 Å². The lowest BCUT2D eigenvalue weighted by atomic mass is 10.1. The van der Waals surface area contributed by atoms with Gasteiger partial charge in [-0.2, -0.15) is 4.37 Å². The van der Waals surface area contributed by atoms with Crippen LogP contribution in [0.1, 0.15) is 32.1 Å². The number of carbonyl (C=O) groups is 2. The molecule has 0 bridgehead atoms. The highest BCUT2D eigenvalue weighted by Crippen LogP contribution is 2.29. The third-order valence-corrected chi connectivity index (χ3v) is 5.50. The fourth-order valence-electron chi connectivity index (χ4n) is 2.46. The van der Waals surface area contributed by atoms with Gasteiger partial charge in [0.15, 0.2) is 5.69 Å². The highest BCUT2D eigenvalue weighted by Gasteiger charge is 2.16. The van der Waals surface area contributed by atoms with Gasteiger partial charge in [-0.3, -0.25) is 14.6 Å². The second kappa shape index (κ2) is 9.69. The van der Waals surface area contributed by atoms with Crippen LogP contribution < -0.4 is 15.8 Å². The molecule has 7 nitrogen and oxygen atoms in total. The van der Waals surface area contributed by atoms with E-state index in [4.69, 9.17) is 33.7 Å². The standard InChI is InChI=1S/C19H16Cl2N4O3S/c20-15-16(25-29-17(15)21)19(27)24-7-4-11-2-1-3-13(8-11)28-10-12-5-6-23-14(9-12)18(22)26/h1-3,5-6,8-9H,4,7,10H2,(H2,22,26)(H,24,27). The molecule has 3 aromatic rings. The van der Waals surface area contributed by atoms with Crippen molar-refractivity contribution in [2.24, 2.45) is 5.73 Å². The molecule has 0 unspecified atom stereocenters. The molecule has 3 N–H and O–H groups in total. The minimum Gasteiger partial charge on any atom is -0.489 e. The smallest absolute Gasteiger partial charge is 0.272 e. The SMILES string of the molecule is NC(=O)c1cc(COc2cccc(CCNC(=O)c3nsc(Cl)c3Cl)c2)ccn1. The summed E-state index contributed by atoms with van der Waals surface area (Å²) in [6.07, 6.45) is 2.11. The number of carbonyl (C=O) groups excluding carboxylic acids is 2. The van der Waals surface area contributed by atoms with Crippen LogP contribution in [0.15, 0.2) is 42.6 Å². The Morgan fingerprint density at radius 1 is 1.17 bits per heavy atom. The summed E-state index contributed by atoms with van der Waals surface area (Å²) in [5, 5.41) is 2.93. The number of pyridine rings is 1. The molecule has 0 aliphatic rings. The summed E-state index contributed by atoms with van der Waals surface area (Å²) < 4.78 is 10.0. The minimum atomic E-state index is -0.586. The van der Waals surface area contributed by atoms with Crippen LogP contribution in [0, 0.1) is 0 Å². The number of rotatable bonds is 8. The summed E-state index contributed by atoms with van der Waals surface area (Å²) in [7, 11) is 0. The summed E-state index contributed by atoms with van der Waals surface area (Å²) in [6.45, 7) is 0.673. The Bertz CT molecular complexity index is 1040. The van der Waals surface area contributed by atoms with Crippen LogP contribution in [-0.2, 0) is 13.0 Å². The predicted molar refractivity (Wildman–Crippen MR) is 112 cm³/mol. The van der Waals surface area contributed by atoms with E-state index in [1.165, 1.54) is 6.20 Å². The number of aromatic nitrogens is 2. The molecule has 150 valence electrons. The van der Waals surface area contributed by atoms with E-state index in [0.29, 0.717) is 23.1 Å². The van der Waals surface area contributed by atoms with E-state index in [1.54, 1.807) is 12.1 Å². The molecular formula is C19H16Cl2N4O3S. The van der Waals surface area contributed by atoms with Crippen molar-refractivity contribution in [2.75, 3.05) is 6.54 Å². The van der Waals surface area contributed by atoms with E-state index < -0.39 is 5.91 Å². The molecule has 29 heavy (non-hydrogen) atoms. The van der Waals surface area contributed by atoms with Crippen LogP contribution in [0.4, 0.5) is 0 Å². The van der Waals surface area contributed by atoms with Gasteiger partial charge in [-0.15, -0.1) is 0 Å². The number of ether oxygens (including phenoxy) is 1. The molecule has 3 rings (SSSR count). The Morgan fingerprint density at radius 3 is 2.72 bits per heavy atom. The molecule has 0 fully saturated rings. The van der Waals surface area contributed by atoms with Gasteiger partial charge in [0, 0.05) is 12.7 Å². The first-order valence-corrected chi connectivity index (χ1v) is 10.0. The van der Waals surface area contributed by atoms with E-state index in [-0.39, 0.29) is 28.9 Å². The lowest BCUT2D eigenvalue weighted by Gasteiger charge is -2.09. The van der Waals surface area contributed by atoms with E-state index >= 15 is 0 Å². The monoisotopic (exact) mass is 450 g/mol. The molecule has 1 aromatic carbocycles. The van der Waals surface area contributed by atoms with Crippen molar-refractivity contribution in [1.29, 1.82) is 0 Å². The first-order valence-electron chi connectivity index (χ1n) is 8.49. The quantitative estimate of drug-likeness (QED) is 0.545. The number of hydrogen-bond donors (Lipinski definition) is 2. The average molecular weight is 451 g/mol. The fraction of sp³-hybridized carbons (Fsp3) is 0.158. The Balaban J connectivity index is 1.53. The third kappa shape index (κ3) is 5.66. The Hall–Kier alpha value is -2.68. The van der Waals surface area contributed by atoms with Gasteiger partial charge in [0.2, 0.25) is 0 Å². The molecule has 0 atom stereocenters. The first-order chi connectivity index (χ1) is 13.9. The number of primary amides is 1. The van der Waals surface area contributed by atoms with Crippen molar-refractivity contribution in [1.82, 2.24) is 14.7 Å². The molecular weight excluding hydrogens is 435 g/mol. The van der Waals surface area contributed by atoms with Crippen molar-refractivity contribution in [3.8, 4) is 5.75 Å². The number of hydrogen-bond acceptors (Lipinski definition) is 6. The van der Waals surface area contributed by atoms with Gasteiger partial charge < -0.3 is 15.8 Å². The van der Waals surface area contributed by atoms with E-state index in [2.05, 4.69) is 14.7 Å². The molecule has 0 aliphatic heterocycles. The van der Waals surface area contributed by atoms with E-state index in [0.717, 1.165) is 22.7 Å². The fourth-order valence-corrected chi connectivity index (χ4v) is 3.46.